The Balaban J connectivity index is 2.19. The van der Waals surface area contributed by atoms with E-state index in [1.165, 1.54) is 0 Å². The number of hydrogen-bond donors (Lipinski definition) is 0. The minimum absolute atomic E-state index is 0.119. The minimum Gasteiger partial charge on any atom is -0.381 e. The average molecular weight is 311 g/mol. The molecule has 0 N–H and O–H groups in total. The summed E-state index contributed by atoms with van der Waals surface area (Å²) in [5.41, 5.74) is 3.04. The third kappa shape index (κ3) is 2.36. The van der Waals surface area contributed by atoms with Crippen LogP contribution in [0.5, 0.6) is 0 Å². The van der Waals surface area contributed by atoms with Gasteiger partial charge in [0.2, 0.25) is 0 Å². The van der Waals surface area contributed by atoms with Crippen molar-refractivity contribution < 1.29 is 4.74 Å². The normalized spacial score (nSPS) is 22.0. The van der Waals surface area contributed by atoms with E-state index >= 15 is 0 Å². The first kappa shape index (κ1) is 14.9. The summed E-state index contributed by atoms with van der Waals surface area (Å²) in [6, 6.07) is 0.315. The van der Waals surface area contributed by atoms with Crippen LogP contribution in [0.4, 0.5) is 0 Å². The van der Waals surface area contributed by atoms with Crippen LogP contribution in [-0.4, -0.2) is 32.5 Å². The van der Waals surface area contributed by atoms with Crippen molar-refractivity contribution in [1.29, 1.82) is 0 Å². The van der Waals surface area contributed by atoms with Gasteiger partial charge in [-0.3, -0.25) is 0 Å². The van der Waals surface area contributed by atoms with Gasteiger partial charge in [-0.1, -0.05) is 0 Å². The number of halogens is 1. The van der Waals surface area contributed by atoms with Crippen LogP contribution in [0, 0.1) is 12.8 Å². The summed E-state index contributed by atoms with van der Waals surface area (Å²) in [5, 5.41) is 4.48. The van der Waals surface area contributed by atoms with Crippen molar-refractivity contribution >= 4 is 22.8 Å². The summed E-state index contributed by atoms with van der Waals surface area (Å²) in [5.74, 6) is 1.45. The van der Waals surface area contributed by atoms with E-state index in [9.17, 15) is 0 Å². The number of ether oxygens (including phenoxy) is 1. The molecule has 0 radical (unpaired) electrons. The SMILES string of the molecule is CCn1nc(C)c2nc(C(C)Cl)n(C(C)C3CCOC3)c21. The molecule has 2 aromatic rings. The number of nitrogens with zero attached hydrogens (tertiary/aromatic N) is 4. The first-order valence-electron chi connectivity index (χ1n) is 7.71. The maximum Gasteiger partial charge on any atom is 0.159 e. The van der Waals surface area contributed by atoms with E-state index in [0.29, 0.717) is 12.0 Å². The molecule has 0 spiro atoms. The fraction of sp³-hybridized carbons (Fsp3) is 0.733. The number of hydrogen-bond acceptors (Lipinski definition) is 3. The van der Waals surface area contributed by atoms with Crippen LogP contribution in [-0.2, 0) is 11.3 Å². The molecule has 1 aliphatic heterocycles. The lowest BCUT2D eigenvalue weighted by Gasteiger charge is -2.23. The fourth-order valence-electron chi connectivity index (χ4n) is 3.25. The van der Waals surface area contributed by atoms with Crippen molar-refractivity contribution in [3.63, 3.8) is 0 Å². The van der Waals surface area contributed by atoms with Crippen LogP contribution in [0.1, 0.15) is 50.1 Å². The number of rotatable bonds is 4. The van der Waals surface area contributed by atoms with Gasteiger partial charge >= 0.3 is 0 Å². The van der Waals surface area contributed by atoms with E-state index in [4.69, 9.17) is 21.3 Å². The molecule has 3 atom stereocenters. The molecule has 3 rings (SSSR count). The van der Waals surface area contributed by atoms with Crippen LogP contribution in [0.3, 0.4) is 0 Å². The highest BCUT2D eigenvalue weighted by Crippen LogP contribution is 2.34. The Bertz CT molecular complexity index is 640. The summed E-state index contributed by atoms with van der Waals surface area (Å²) in [4.78, 5) is 4.78. The number of aromatic nitrogens is 4. The van der Waals surface area contributed by atoms with E-state index in [2.05, 4.69) is 23.5 Å². The van der Waals surface area contributed by atoms with Gasteiger partial charge in [-0.25, -0.2) is 9.67 Å². The highest BCUT2D eigenvalue weighted by molar-refractivity contribution is 6.20. The standard InChI is InChI=1S/C15H23ClN4O/c1-5-19-15-13(10(3)18-19)17-14(9(2)16)20(15)11(4)12-6-7-21-8-12/h9,11-12H,5-8H2,1-4H3. The summed E-state index contributed by atoms with van der Waals surface area (Å²) in [6.07, 6.45) is 1.09. The topological polar surface area (TPSA) is 44.9 Å². The van der Waals surface area contributed by atoms with Gasteiger partial charge < -0.3 is 9.30 Å². The van der Waals surface area contributed by atoms with Crippen molar-refractivity contribution in [2.24, 2.45) is 5.92 Å². The molecular weight excluding hydrogens is 288 g/mol. The molecule has 2 aromatic heterocycles. The lowest BCUT2D eigenvalue weighted by atomic mass is 10.0. The van der Waals surface area contributed by atoms with Crippen molar-refractivity contribution in [2.45, 2.75) is 52.1 Å². The molecule has 5 nitrogen and oxygen atoms in total. The zero-order chi connectivity index (χ0) is 15.1. The molecule has 6 heteroatoms. The summed E-state index contributed by atoms with van der Waals surface area (Å²) in [7, 11) is 0. The lowest BCUT2D eigenvalue weighted by Crippen LogP contribution is -2.21. The molecule has 1 fully saturated rings. The van der Waals surface area contributed by atoms with Gasteiger partial charge in [0.05, 0.1) is 17.7 Å². The van der Waals surface area contributed by atoms with Crippen LogP contribution in [0.15, 0.2) is 0 Å². The largest absolute Gasteiger partial charge is 0.381 e. The summed E-state index contributed by atoms with van der Waals surface area (Å²) < 4.78 is 9.88. The van der Waals surface area contributed by atoms with Gasteiger partial charge in [0.25, 0.3) is 0 Å². The second kappa shape index (κ2) is 5.61. The first-order chi connectivity index (χ1) is 10.0. The van der Waals surface area contributed by atoms with Crippen molar-refractivity contribution in [3.05, 3.63) is 11.5 Å². The van der Waals surface area contributed by atoms with Gasteiger partial charge in [-0.2, -0.15) is 5.10 Å². The van der Waals surface area contributed by atoms with Crippen LogP contribution in [0.25, 0.3) is 11.2 Å². The van der Waals surface area contributed by atoms with E-state index in [0.717, 1.165) is 48.9 Å². The van der Waals surface area contributed by atoms with Crippen LogP contribution >= 0.6 is 11.6 Å². The van der Waals surface area contributed by atoms with Crippen LogP contribution in [0.2, 0.25) is 0 Å². The minimum atomic E-state index is -0.119. The Morgan fingerprint density at radius 1 is 1.43 bits per heavy atom. The monoisotopic (exact) mass is 310 g/mol. The number of aryl methyl sites for hydroxylation is 2. The molecule has 116 valence electrons. The zero-order valence-electron chi connectivity index (χ0n) is 13.1. The van der Waals surface area contributed by atoms with E-state index in [-0.39, 0.29) is 5.38 Å². The number of fused-ring (bicyclic) bond motifs is 1. The highest BCUT2D eigenvalue weighted by Gasteiger charge is 2.30. The summed E-state index contributed by atoms with van der Waals surface area (Å²) in [6.45, 7) is 10.8. The smallest absolute Gasteiger partial charge is 0.159 e. The third-order valence-corrected chi connectivity index (χ3v) is 4.68. The Morgan fingerprint density at radius 3 is 2.76 bits per heavy atom. The Hall–Kier alpha value is -1.07. The van der Waals surface area contributed by atoms with Gasteiger partial charge in [-0.05, 0) is 34.1 Å². The fourth-order valence-corrected chi connectivity index (χ4v) is 3.41. The molecule has 3 unspecified atom stereocenters. The van der Waals surface area contributed by atoms with Gasteiger partial charge in [-0.15, -0.1) is 11.6 Å². The third-order valence-electron chi connectivity index (χ3n) is 4.48. The van der Waals surface area contributed by atoms with Crippen molar-refractivity contribution in [3.8, 4) is 0 Å². The second-order valence-corrected chi connectivity index (χ2v) is 6.55. The Kier molecular flexibility index (Phi) is 3.97. The molecule has 0 bridgehead atoms. The van der Waals surface area contributed by atoms with E-state index in [1.54, 1.807) is 0 Å². The average Bonchev–Trinajstić information content (AvgIpc) is 3.14. The molecule has 0 saturated carbocycles. The Morgan fingerprint density at radius 2 is 2.19 bits per heavy atom. The molecule has 0 amide bonds. The predicted octanol–water partition coefficient (Wildman–Crippen LogP) is 3.46. The van der Waals surface area contributed by atoms with E-state index < -0.39 is 0 Å². The maximum atomic E-state index is 6.39. The van der Waals surface area contributed by atoms with Gasteiger partial charge in [0.1, 0.15) is 11.3 Å². The van der Waals surface area contributed by atoms with Gasteiger partial charge in [0, 0.05) is 25.1 Å². The molecule has 0 aliphatic carbocycles. The van der Waals surface area contributed by atoms with Crippen molar-refractivity contribution in [2.75, 3.05) is 13.2 Å². The maximum absolute atomic E-state index is 6.39. The molecule has 1 saturated heterocycles. The number of imidazole rings is 1. The second-order valence-electron chi connectivity index (χ2n) is 5.89. The molecular formula is C15H23ClN4O. The van der Waals surface area contributed by atoms with Gasteiger partial charge in [0.15, 0.2) is 5.65 Å². The molecule has 0 aromatic carbocycles. The molecule has 21 heavy (non-hydrogen) atoms. The predicted molar refractivity (Wildman–Crippen MR) is 83.8 cm³/mol. The molecule has 1 aliphatic rings. The summed E-state index contributed by atoms with van der Waals surface area (Å²) >= 11 is 6.39. The van der Waals surface area contributed by atoms with E-state index in [1.807, 2.05) is 18.5 Å². The lowest BCUT2D eigenvalue weighted by molar-refractivity contribution is 0.175. The molecule has 3 heterocycles. The highest BCUT2D eigenvalue weighted by atomic mass is 35.5. The first-order valence-corrected chi connectivity index (χ1v) is 8.15. The quantitative estimate of drug-likeness (QED) is 0.812. The van der Waals surface area contributed by atoms with Crippen LogP contribution < -0.4 is 0 Å². The van der Waals surface area contributed by atoms with Crippen molar-refractivity contribution in [1.82, 2.24) is 19.3 Å². The zero-order valence-corrected chi connectivity index (χ0v) is 13.9. The Labute approximate surface area is 130 Å². The number of alkyl halides is 1.